The fraction of sp³-hybridized carbons (Fsp3) is 0.588. The van der Waals surface area contributed by atoms with Crippen molar-refractivity contribution in [1.82, 2.24) is 10.0 Å². The quantitative estimate of drug-likeness (QED) is 0.690. The van der Waals surface area contributed by atoms with E-state index in [1.807, 2.05) is 6.07 Å². The van der Waals surface area contributed by atoms with Crippen molar-refractivity contribution in [3.8, 4) is 0 Å². The largest absolute Gasteiger partial charge is 0.468 e. The number of methoxy groups -OCH3 is 1. The Hall–Kier alpha value is -1.44. The first kappa shape index (κ1) is 18.9. The summed E-state index contributed by atoms with van der Waals surface area (Å²) in [7, 11) is -2.32. The van der Waals surface area contributed by atoms with Crippen LogP contribution >= 0.6 is 0 Å². The van der Waals surface area contributed by atoms with Crippen LogP contribution in [-0.2, 0) is 25.3 Å². The molecular weight excluding hydrogens is 328 g/mol. The first-order valence-corrected chi connectivity index (χ1v) is 9.98. The lowest BCUT2D eigenvalue weighted by Gasteiger charge is -2.24. The average Bonchev–Trinajstić information content (AvgIpc) is 2.59. The average molecular weight is 354 g/mol. The summed E-state index contributed by atoms with van der Waals surface area (Å²) in [6.07, 6.45) is 3.40. The van der Waals surface area contributed by atoms with Crippen molar-refractivity contribution in [2.75, 3.05) is 20.2 Å². The summed E-state index contributed by atoms with van der Waals surface area (Å²) in [6.45, 7) is 1.96. The van der Waals surface area contributed by atoms with Gasteiger partial charge in [0, 0.05) is 0 Å². The Morgan fingerprint density at radius 3 is 2.58 bits per heavy atom. The highest BCUT2D eigenvalue weighted by atomic mass is 32.2. The maximum absolute atomic E-state index is 12.4. The molecule has 1 aromatic carbocycles. The van der Waals surface area contributed by atoms with Gasteiger partial charge >= 0.3 is 5.97 Å². The molecule has 1 atom stereocenters. The smallest absolute Gasteiger partial charge is 0.323 e. The molecule has 1 aliphatic heterocycles. The number of sulfonamides is 1. The maximum Gasteiger partial charge on any atom is 0.323 e. The normalized spacial score (nSPS) is 17.4. The minimum absolute atomic E-state index is 0.144. The van der Waals surface area contributed by atoms with Crippen molar-refractivity contribution in [1.29, 1.82) is 0 Å². The Kier molecular flexibility index (Phi) is 7.20. The Morgan fingerprint density at radius 2 is 1.96 bits per heavy atom. The summed E-state index contributed by atoms with van der Waals surface area (Å²) in [6, 6.07) is 8.10. The first-order valence-electron chi connectivity index (χ1n) is 8.32. The summed E-state index contributed by atoms with van der Waals surface area (Å²) in [5.41, 5.74) is 0.687. The molecule has 1 fully saturated rings. The van der Waals surface area contributed by atoms with E-state index in [0.717, 1.165) is 32.4 Å². The molecule has 0 spiro atoms. The Bertz CT molecular complexity index is 613. The second-order valence-corrected chi connectivity index (χ2v) is 7.96. The standard InChI is InChI=1S/C17H26N2O4S/c1-23-17(20)16(8-7-14-9-11-18-12-10-14)19-24(21,22)13-15-5-3-2-4-6-15/h2-6,14,16,18-19H,7-13H2,1H3. The molecule has 0 saturated carbocycles. The van der Waals surface area contributed by atoms with Crippen LogP contribution in [0.25, 0.3) is 0 Å². The van der Waals surface area contributed by atoms with E-state index in [4.69, 9.17) is 4.74 Å². The van der Waals surface area contributed by atoms with Crippen LogP contribution in [0, 0.1) is 5.92 Å². The molecule has 0 aliphatic carbocycles. The van der Waals surface area contributed by atoms with Crippen molar-refractivity contribution in [2.45, 2.75) is 37.5 Å². The lowest BCUT2D eigenvalue weighted by Crippen LogP contribution is -2.42. The van der Waals surface area contributed by atoms with Gasteiger partial charge in [-0.25, -0.2) is 13.1 Å². The van der Waals surface area contributed by atoms with E-state index >= 15 is 0 Å². The van der Waals surface area contributed by atoms with Gasteiger partial charge < -0.3 is 10.1 Å². The van der Waals surface area contributed by atoms with E-state index in [-0.39, 0.29) is 5.75 Å². The van der Waals surface area contributed by atoms with Crippen LogP contribution < -0.4 is 10.0 Å². The monoisotopic (exact) mass is 354 g/mol. The summed E-state index contributed by atoms with van der Waals surface area (Å²) in [5.74, 6) is -0.146. The zero-order valence-corrected chi connectivity index (χ0v) is 14.8. The number of ether oxygens (including phenoxy) is 1. The van der Waals surface area contributed by atoms with Crippen molar-refractivity contribution in [3.63, 3.8) is 0 Å². The number of hydrogen-bond acceptors (Lipinski definition) is 5. The lowest BCUT2D eigenvalue weighted by molar-refractivity contribution is -0.142. The fourth-order valence-electron chi connectivity index (χ4n) is 2.99. The van der Waals surface area contributed by atoms with Gasteiger partial charge in [-0.1, -0.05) is 30.3 Å². The highest BCUT2D eigenvalue weighted by Gasteiger charge is 2.26. The van der Waals surface area contributed by atoms with Gasteiger partial charge in [-0.3, -0.25) is 4.79 Å². The maximum atomic E-state index is 12.4. The molecule has 0 aromatic heterocycles. The van der Waals surface area contributed by atoms with E-state index in [2.05, 4.69) is 10.0 Å². The summed E-state index contributed by atoms with van der Waals surface area (Å²) in [4.78, 5) is 12.0. The van der Waals surface area contributed by atoms with Crippen molar-refractivity contribution in [2.24, 2.45) is 5.92 Å². The highest BCUT2D eigenvalue weighted by molar-refractivity contribution is 7.88. The van der Waals surface area contributed by atoms with E-state index in [1.165, 1.54) is 7.11 Å². The summed E-state index contributed by atoms with van der Waals surface area (Å²) < 4.78 is 32.0. The number of rotatable bonds is 8. The molecule has 2 rings (SSSR count). The van der Waals surface area contributed by atoms with E-state index < -0.39 is 22.0 Å². The van der Waals surface area contributed by atoms with E-state index in [9.17, 15) is 13.2 Å². The second kappa shape index (κ2) is 9.15. The molecular formula is C17H26N2O4S. The van der Waals surface area contributed by atoms with Gasteiger partial charge in [0.15, 0.2) is 0 Å². The van der Waals surface area contributed by atoms with E-state index in [1.54, 1.807) is 24.3 Å². The van der Waals surface area contributed by atoms with Crippen LogP contribution in [0.2, 0.25) is 0 Å². The molecule has 134 valence electrons. The topological polar surface area (TPSA) is 84.5 Å². The molecule has 1 aromatic rings. The number of carbonyl (C=O) groups excluding carboxylic acids is 1. The fourth-order valence-corrected chi connectivity index (χ4v) is 4.35. The van der Waals surface area contributed by atoms with Gasteiger partial charge in [0.1, 0.15) is 6.04 Å². The molecule has 24 heavy (non-hydrogen) atoms. The molecule has 1 heterocycles. The van der Waals surface area contributed by atoms with Crippen LogP contribution in [0.1, 0.15) is 31.2 Å². The number of piperidine rings is 1. The van der Waals surface area contributed by atoms with Gasteiger partial charge in [-0.15, -0.1) is 0 Å². The number of hydrogen-bond donors (Lipinski definition) is 2. The summed E-state index contributed by atoms with van der Waals surface area (Å²) in [5, 5.41) is 3.30. The molecule has 0 bridgehead atoms. The minimum atomic E-state index is -3.61. The Balaban J connectivity index is 1.95. The number of benzene rings is 1. The first-order chi connectivity index (χ1) is 11.5. The number of carbonyl (C=O) groups is 1. The SMILES string of the molecule is COC(=O)C(CCC1CCNCC1)NS(=O)(=O)Cc1ccccc1. The number of esters is 1. The van der Waals surface area contributed by atoms with Crippen LogP contribution in [0.15, 0.2) is 30.3 Å². The van der Waals surface area contributed by atoms with Crippen LogP contribution in [-0.4, -0.2) is 40.6 Å². The Labute approximate surface area is 144 Å². The van der Waals surface area contributed by atoms with Crippen molar-refractivity contribution < 1.29 is 17.9 Å². The zero-order chi connectivity index (χ0) is 17.4. The van der Waals surface area contributed by atoms with Gasteiger partial charge in [-0.2, -0.15) is 0 Å². The van der Waals surface area contributed by atoms with Gasteiger partial charge in [-0.05, 0) is 50.3 Å². The minimum Gasteiger partial charge on any atom is -0.468 e. The van der Waals surface area contributed by atoms with Crippen molar-refractivity contribution >= 4 is 16.0 Å². The van der Waals surface area contributed by atoms with Crippen LogP contribution in [0.4, 0.5) is 0 Å². The lowest BCUT2D eigenvalue weighted by atomic mass is 9.91. The summed E-state index contributed by atoms with van der Waals surface area (Å²) >= 11 is 0. The molecule has 0 amide bonds. The molecule has 7 heteroatoms. The third-order valence-electron chi connectivity index (χ3n) is 4.33. The molecule has 2 N–H and O–H groups in total. The van der Waals surface area contributed by atoms with Gasteiger partial charge in [0.25, 0.3) is 0 Å². The third-order valence-corrected chi connectivity index (χ3v) is 5.69. The van der Waals surface area contributed by atoms with Crippen molar-refractivity contribution in [3.05, 3.63) is 35.9 Å². The highest BCUT2D eigenvalue weighted by Crippen LogP contribution is 2.19. The predicted octanol–water partition coefficient (Wildman–Crippen LogP) is 1.43. The predicted molar refractivity (Wildman–Crippen MR) is 92.8 cm³/mol. The Morgan fingerprint density at radius 1 is 1.29 bits per heavy atom. The molecule has 1 aliphatic rings. The van der Waals surface area contributed by atoms with E-state index in [0.29, 0.717) is 17.9 Å². The van der Waals surface area contributed by atoms with Crippen LogP contribution in [0.3, 0.4) is 0 Å². The third kappa shape index (κ3) is 6.22. The van der Waals surface area contributed by atoms with Gasteiger partial charge in [0.2, 0.25) is 10.0 Å². The molecule has 6 nitrogen and oxygen atoms in total. The number of nitrogens with one attached hydrogen (secondary N) is 2. The zero-order valence-electron chi connectivity index (χ0n) is 14.0. The molecule has 0 radical (unpaired) electrons. The van der Waals surface area contributed by atoms with Gasteiger partial charge in [0.05, 0.1) is 12.9 Å². The van der Waals surface area contributed by atoms with Crippen LogP contribution in [0.5, 0.6) is 0 Å². The second-order valence-electron chi connectivity index (χ2n) is 6.21. The molecule has 1 unspecified atom stereocenters. The molecule has 1 saturated heterocycles.